The Hall–Kier alpha value is -3.52. The monoisotopic (exact) mass is 488 g/mol. The van der Waals surface area contributed by atoms with Crippen LogP contribution in [0.25, 0.3) is 10.2 Å². The Morgan fingerprint density at radius 2 is 1.86 bits per heavy atom. The van der Waals surface area contributed by atoms with E-state index in [-0.39, 0.29) is 12.5 Å². The lowest BCUT2D eigenvalue weighted by Crippen LogP contribution is -2.37. The summed E-state index contributed by atoms with van der Waals surface area (Å²) in [6.07, 6.45) is 2.50. The van der Waals surface area contributed by atoms with E-state index in [0.29, 0.717) is 44.6 Å². The molecule has 8 heteroatoms. The van der Waals surface area contributed by atoms with E-state index in [4.69, 9.17) is 4.74 Å². The lowest BCUT2D eigenvalue weighted by Gasteiger charge is -2.28. The van der Waals surface area contributed by atoms with E-state index in [1.807, 2.05) is 46.0 Å². The summed E-state index contributed by atoms with van der Waals surface area (Å²) in [6, 6.07) is 18.3. The standard InChI is InChI=1S/C27H28N4O3S/c1-2-34-27(33)26-20-18-30(25(32)13-12-24-28-21-10-6-7-11-23(21)35-24)16-15-22(20)31(29-26)17-14-19-8-4-3-5-9-19/h3-11H,2,12-18H2,1H3. The average molecular weight is 489 g/mol. The van der Waals surface area contributed by atoms with Crippen LogP contribution < -0.4 is 0 Å². The van der Waals surface area contributed by atoms with Crippen molar-refractivity contribution in [2.24, 2.45) is 0 Å². The predicted molar refractivity (Wildman–Crippen MR) is 135 cm³/mol. The molecular weight excluding hydrogens is 460 g/mol. The number of ether oxygens (including phenoxy) is 1. The van der Waals surface area contributed by atoms with Crippen molar-refractivity contribution in [1.29, 1.82) is 0 Å². The van der Waals surface area contributed by atoms with Crippen LogP contribution in [-0.2, 0) is 41.9 Å². The van der Waals surface area contributed by atoms with E-state index in [2.05, 4.69) is 28.3 Å². The molecule has 0 radical (unpaired) electrons. The van der Waals surface area contributed by atoms with Crippen LogP contribution in [-0.4, -0.2) is 44.7 Å². The molecule has 3 heterocycles. The number of hydrogen-bond acceptors (Lipinski definition) is 6. The van der Waals surface area contributed by atoms with Gasteiger partial charge in [0.1, 0.15) is 0 Å². The maximum Gasteiger partial charge on any atom is 0.359 e. The van der Waals surface area contributed by atoms with Gasteiger partial charge in [0, 0.05) is 50.2 Å². The first-order chi connectivity index (χ1) is 17.1. The van der Waals surface area contributed by atoms with Crippen molar-refractivity contribution in [3.05, 3.63) is 82.1 Å². The minimum Gasteiger partial charge on any atom is -0.461 e. The molecule has 5 rings (SSSR count). The molecule has 2 aromatic heterocycles. The van der Waals surface area contributed by atoms with Crippen molar-refractivity contribution < 1.29 is 14.3 Å². The summed E-state index contributed by atoms with van der Waals surface area (Å²) in [5, 5.41) is 5.60. The van der Waals surface area contributed by atoms with Gasteiger partial charge < -0.3 is 9.64 Å². The number of hydrogen-bond donors (Lipinski definition) is 0. The number of thiazole rings is 1. The number of para-hydroxylation sites is 1. The van der Waals surface area contributed by atoms with Crippen LogP contribution in [0.1, 0.15) is 45.7 Å². The van der Waals surface area contributed by atoms with Crippen molar-refractivity contribution >= 4 is 33.4 Å². The van der Waals surface area contributed by atoms with Crippen molar-refractivity contribution in [2.45, 2.75) is 45.7 Å². The fourth-order valence-electron chi connectivity index (χ4n) is 4.53. The number of carbonyl (C=O) groups excluding carboxylic acids is 2. The minimum absolute atomic E-state index is 0.0711. The Balaban J connectivity index is 1.29. The van der Waals surface area contributed by atoms with Crippen LogP contribution in [0, 0.1) is 0 Å². The van der Waals surface area contributed by atoms with Crippen molar-refractivity contribution in [1.82, 2.24) is 19.7 Å². The second-order valence-electron chi connectivity index (χ2n) is 8.59. The molecule has 0 N–H and O–H groups in total. The number of amides is 1. The Morgan fingerprint density at radius 1 is 1.06 bits per heavy atom. The highest BCUT2D eigenvalue weighted by molar-refractivity contribution is 7.18. The molecule has 1 aliphatic rings. The molecule has 0 spiro atoms. The van der Waals surface area contributed by atoms with Crippen LogP contribution in [0.2, 0.25) is 0 Å². The maximum atomic E-state index is 13.1. The predicted octanol–water partition coefficient (Wildman–Crippen LogP) is 4.43. The highest BCUT2D eigenvalue weighted by atomic mass is 32.1. The van der Waals surface area contributed by atoms with Gasteiger partial charge in [-0.25, -0.2) is 9.78 Å². The van der Waals surface area contributed by atoms with E-state index < -0.39 is 5.97 Å². The topological polar surface area (TPSA) is 77.3 Å². The summed E-state index contributed by atoms with van der Waals surface area (Å²) in [5.74, 6) is -0.354. The minimum atomic E-state index is -0.425. The van der Waals surface area contributed by atoms with E-state index in [9.17, 15) is 9.59 Å². The Labute approximate surface area is 208 Å². The third-order valence-electron chi connectivity index (χ3n) is 6.30. The van der Waals surface area contributed by atoms with Crippen molar-refractivity contribution in [3.63, 3.8) is 0 Å². The molecule has 0 aliphatic carbocycles. The molecule has 35 heavy (non-hydrogen) atoms. The summed E-state index contributed by atoms with van der Waals surface area (Å²) in [6.45, 7) is 3.75. The van der Waals surface area contributed by atoms with Crippen LogP contribution in [0.5, 0.6) is 0 Å². The van der Waals surface area contributed by atoms with E-state index in [1.165, 1.54) is 5.56 Å². The van der Waals surface area contributed by atoms with Crippen LogP contribution >= 0.6 is 11.3 Å². The van der Waals surface area contributed by atoms with Gasteiger partial charge >= 0.3 is 5.97 Å². The number of rotatable bonds is 8. The summed E-state index contributed by atoms with van der Waals surface area (Å²) in [4.78, 5) is 32.2. The van der Waals surface area contributed by atoms with Crippen molar-refractivity contribution in [3.8, 4) is 0 Å². The Morgan fingerprint density at radius 3 is 2.66 bits per heavy atom. The fourth-order valence-corrected chi connectivity index (χ4v) is 5.50. The van der Waals surface area contributed by atoms with Gasteiger partial charge in [-0.05, 0) is 31.0 Å². The summed E-state index contributed by atoms with van der Waals surface area (Å²) >= 11 is 1.64. The summed E-state index contributed by atoms with van der Waals surface area (Å²) < 4.78 is 8.34. The number of nitrogens with zero attached hydrogens (tertiary/aromatic N) is 4. The largest absolute Gasteiger partial charge is 0.461 e. The molecule has 0 bridgehead atoms. The van der Waals surface area contributed by atoms with E-state index in [1.54, 1.807) is 18.3 Å². The zero-order chi connectivity index (χ0) is 24.2. The maximum absolute atomic E-state index is 13.1. The van der Waals surface area contributed by atoms with Gasteiger partial charge in [0.15, 0.2) is 5.69 Å². The van der Waals surface area contributed by atoms with E-state index in [0.717, 1.165) is 32.9 Å². The third-order valence-corrected chi connectivity index (χ3v) is 7.40. The summed E-state index contributed by atoms with van der Waals surface area (Å²) in [5.41, 5.74) is 4.37. The molecule has 0 saturated heterocycles. The normalized spacial score (nSPS) is 13.1. The molecule has 1 amide bonds. The first kappa shape index (κ1) is 23.2. The van der Waals surface area contributed by atoms with Gasteiger partial charge in [0.25, 0.3) is 0 Å². The lowest BCUT2D eigenvalue weighted by molar-refractivity contribution is -0.132. The number of carbonyl (C=O) groups is 2. The zero-order valence-electron chi connectivity index (χ0n) is 19.8. The lowest BCUT2D eigenvalue weighted by atomic mass is 10.0. The zero-order valence-corrected chi connectivity index (χ0v) is 20.6. The molecule has 2 aromatic carbocycles. The number of fused-ring (bicyclic) bond motifs is 2. The van der Waals surface area contributed by atoms with E-state index >= 15 is 0 Å². The number of esters is 1. The molecule has 7 nitrogen and oxygen atoms in total. The Kier molecular flexibility index (Phi) is 6.90. The fraction of sp³-hybridized carbons (Fsp3) is 0.333. The highest BCUT2D eigenvalue weighted by Gasteiger charge is 2.30. The SMILES string of the molecule is CCOC(=O)c1nn(CCc2ccccc2)c2c1CN(C(=O)CCc1nc3ccccc3s1)CC2. The molecule has 0 atom stereocenters. The molecule has 0 fully saturated rings. The molecule has 4 aromatic rings. The second kappa shape index (κ2) is 10.4. The quantitative estimate of drug-likeness (QED) is 0.343. The molecular formula is C27H28N4O3S. The first-order valence-electron chi connectivity index (χ1n) is 12.0. The van der Waals surface area contributed by atoms with Gasteiger partial charge in [-0.2, -0.15) is 5.10 Å². The van der Waals surface area contributed by atoms with Crippen LogP contribution in [0.3, 0.4) is 0 Å². The third kappa shape index (κ3) is 5.12. The molecule has 180 valence electrons. The van der Waals surface area contributed by atoms with Crippen molar-refractivity contribution in [2.75, 3.05) is 13.2 Å². The molecule has 0 unspecified atom stereocenters. The van der Waals surface area contributed by atoms with Gasteiger partial charge in [0.05, 0.1) is 21.8 Å². The Bertz CT molecular complexity index is 1310. The van der Waals surface area contributed by atoms with Gasteiger partial charge in [-0.3, -0.25) is 9.48 Å². The first-order valence-corrected chi connectivity index (χ1v) is 12.9. The van der Waals surface area contributed by atoms with Crippen LogP contribution in [0.15, 0.2) is 54.6 Å². The van der Waals surface area contributed by atoms with Crippen LogP contribution in [0.4, 0.5) is 0 Å². The molecule has 1 aliphatic heterocycles. The number of aryl methyl sites for hydroxylation is 3. The average Bonchev–Trinajstić information content (AvgIpc) is 3.47. The second-order valence-corrected chi connectivity index (χ2v) is 9.71. The van der Waals surface area contributed by atoms with Gasteiger partial charge in [-0.1, -0.05) is 42.5 Å². The number of benzene rings is 2. The summed E-state index contributed by atoms with van der Waals surface area (Å²) in [7, 11) is 0. The number of aromatic nitrogens is 3. The highest BCUT2D eigenvalue weighted by Crippen LogP contribution is 2.26. The van der Waals surface area contributed by atoms with Gasteiger partial charge in [-0.15, -0.1) is 11.3 Å². The smallest absolute Gasteiger partial charge is 0.359 e. The molecule has 0 saturated carbocycles. The van der Waals surface area contributed by atoms with Gasteiger partial charge in [0.2, 0.25) is 5.91 Å².